The van der Waals surface area contributed by atoms with Gasteiger partial charge in [0.05, 0.1) is 12.2 Å². The molecule has 0 heterocycles. The molecule has 5 heteroatoms. The molecule has 0 aliphatic heterocycles. The lowest BCUT2D eigenvalue weighted by molar-refractivity contribution is -0.122. The first kappa shape index (κ1) is 10.3. The number of hydrogen-bond donors (Lipinski definition) is 0. The molecule has 0 saturated heterocycles. The van der Waals surface area contributed by atoms with Crippen LogP contribution in [0.5, 0.6) is 0 Å². The average Bonchev–Trinajstić information content (AvgIpc) is 1.86. The van der Waals surface area contributed by atoms with E-state index in [2.05, 4.69) is 0 Å². The maximum Gasteiger partial charge on any atom is 0.253 e. The Hall–Kier alpha value is -0.710. The third-order valence-electron chi connectivity index (χ3n) is 1.12. The number of carbonyl (C=O) groups is 2. The minimum atomic E-state index is -3.65. The van der Waals surface area contributed by atoms with Gasteiger partial charge in [0.25, 0.3) is 5.12 Å². The first-order chi connectivity index (χ1) is 4.90. The van der Waals surface area contributed by atoms with Crippen LogP contribution in [0.25, 0.3) is 0 Å². The van der Waals surface area contributed by atoms with Crippen LogP contribution in [0.15, 0.2) is 0 Å². The molecule has 0 rings (SSSR count). The number of Topliss-reactive ketones (excluding diaryl/α,β-unsaturated/α-hetero) is 1. The lowest BCUT2D eigenvalue weighted by Crippen LogP contribution is -2.18. The molecule has 4 nitrogen and oxygen atoms in total. The second-order valence-electron chi connectivity index (χ2n) is 2.15. The highest BCUT2D eigenvalue weighted by atomic mass is 32.2. The fourth-order valence-corrected chi connectivity index (χ4v) is 1.22. The van der Waals surface area contributed by atoms with E-state index in [4.69, 9.17) is 0 Å². The Bertz CT molecular complexity index is 262. The van der Waals surface area contributed by atoms with Gasteiger partial charge in [0, 0.05) is 0 Å². The van der Waals surface area contributed by atoms with E-state index in [1.165, 1.54) is 13.8 Å². The van der Waals surface area contributed by atoms with Crippen molar-refractivity contribution in [3.8, 4) is 0 Å². The third kappa shape index (κ3) is 3.27. The molecule has 0 saturated carbocycles. The van der Waals surface area contributed by atoms with Crippen LogP contribution >= 0.6 is 0 Å². The van der Waals surface area contributed by atoms with E-state index < -0.39 is 27.2 Å². The largest absolute Gasteiger partial charge is 0.299 e. The Balaban J connectivity index is 4.39. The number of rotatable bonds is 3. The van der Waals surface area contributed by atoms with Crippen LogP contribution in [0.4, 0.5) is 0 Å². The van der Waals surface area contributed by atoms with E-state index in [0.717, 1.165) is 0 Å². The summed E-state index contributed by atoms with van der Waals surface area (Å²) in [6.07, 6.45) is -0.504. The topological polar surface area (TPSA) is 68.3 Å². The van der Waals surface area contributed by atoms with Gasteiger partial charge >= 0.3 is 0 Å². The van der Waals surface area contributed by atoms with Crippen molar-refractivity contribution in [2.45, 2.75) is 20.3 Å². The zero-order chi connectivity index (χ0) is 9.07. The Morgan fingerprint density at radius 2 is 1.73 bits per heavy atom. The van der Waals surface area contributed by atoms with E-state index >= 15 is 0 Å². The lowest BCUT2D eigenvalue weighted by Gasteiger charge is -1.95. The predicted octanol–water partition coefficient (Wildman–Crippen LogP) is -0.0732. The van der Waals surface area contributed by atoms with Crippen molar-refractivity contribution in [2.75, 3.05) is 5.75 Å². The van der Waals surface area contributed by atoms with E-state index in [1.807, 2.05) is 0 Å². The van der Waals surface area contributed by atoms with Crippen LogP contribution in [0.2, 0.25) is 0 Å². The quantitative estimate of drug-likeness (QED) is 0.567. The highest BCUT2D eigenvalue weighted by Crippen LogP contribution is 1.96. The van der Waals surface area contributed by atoms with Crippen LogP contribution in [0.1, 0.15) is 20.3 Å². The van der Waals surface area contributed by atoms with E-state index in [0.29, 0.717) is 0 Å². The molecular weight excluding hydrogens is 168 g/mol. The molecule has 0 unspecified atom stereocenters. The summed E-state index contributed by atoms with van der Waals surface area (Å²) in [6.45, 7) is 2.55. The summed E-state index contributed by atoms with van der Waals surface area (Å²) in [5.74, 6) is -0.661. The summed E-state index contributed by atoms with van der Waals surface area (Å²) < 4.78 is 21.5. The highest BCUT2D eigenvalue weighted by Gasteiger charge is 2.20. The molecule has 0 aromatic carbocycles. The number of hydrogen-bond acceptors (Lipinski definition) is 4. The first-order valence-corrected chi connectivity index (χ1v) is 4.80. The van der Waals surface area contributed by atoms with Gasteiger partial charge in [-0.15, -0.1) is 0 Å². The number of ketones is 1. The standard InChI is InChI=1S/C6H10O4S/c1-3-11(9,10)6(8)4-5(2)7/h3-4H2,1-2H3. The molecule has 0 radical (unpaired) electrons. The first-order valence-electron chi connectivity index (χ1n) is 3.15. The third-order valence-corrected chi connectivity index (χ3v) is 2.72. The van der Waals surface area contributed by atoms with Crippen LogP contribution in [-0.4, -0.2) is 25.1 Å². The molecule has 0 aromatic rings. The van der Waals surface area contributed by atoms with E-state index in [-0.39, 0.29) is 5.75 Å². The maximum atomic E-state index is 10.7. The summed E-state index contributed by atoms with van der Waals surface area (Å²) in [4.78, 5) is 21.0. The second-order valence-corrected chi connectivity index (χ2v) is 4.42. The molecule has 0 atom stereocenters. The summed E-state index contributed by atoms with van der Waals surface area (Å²) >= 11 is 0. The summed E-state index contributed by atoms with van der Waals surface area (Å²) in [5, 5.41) is -0.979. The summed E-state index contributed by atoms with van der Waals surface area (Å²) in [5.41, 5.74) is 0. The zero-order valence-corrected chi connectivity index (χ0v) is 7.27. The van der Waals surface area contributed by atoms with Crippen LogP contribution < -0.4 is 0 Å². The van der Waals surface area contributed by atoms with Gasteiger partial charge in [-0.3, -0.25) is 9.59 Å². The van der Waals surface area contributed by atoms with E-state index in [1.54, 1.807) is 0 Å². The minimum absolute atomic E-state index is 0.237. The fourth-order valence-electron chi connectivity index (χ4n) is 0.474. The molecule has 0 fully saturated rings. The van der Waals surface area contributed by atoms with Crippen LogP contribution in [-0.2, 0) is 19.4 Å². The van der Waals surface area contributed by atoms with Crippen molar-refractivity contribution in [3.63, 3.8) is 0 Å². The Morgan fingerprint density at radius 3 is 2.00 bits per heavy atom. The van der Waals surface area contributed by atoms with Gasteiger partial charge in [-0.05, 0) is 6.92 Å². The number of sulfone groups is 1. The molecule has 64 valence electrons. The van der Waals surface area contributed by atoms with Gasteiger partial charge in [-0.25, -0.2) is 8.42 Å². The van der Waals surface area contributed by atoms with E-state index in [9.17, 15) is 18.0 Å². The molecule has 0 bridgehead atoms. The molecule has 0 aliphatic rings. The number of carbonyl (C=O) groups excluding carboxylic acids is 2. The lowest BCUT2D eigenvalue weighted by atomic mass is 10.3. The molecule has 0 N–H and O–H groups in total. The molecule has 11 heavy (non-hydrogen) atoms. The zero-order valence-electron chi connectivity index (χ0n) is 6.46. The molecular formula is C6H10O4S. The van der Waals surface area contributed by atoms with Crippen molar-refractivity contribution in [3.05, 3.63) is 0 Å². The van der Waals surface area contributed by atoms with Gasteiger partial charge in [0.15, 0.2) is 0 Å². The molecule has 0 spiro atoms. The SMILES string of the molecule is CCS(=O)(=O)C(=O)CC(C)=O. The predicted molar refractivity (Wildman–Crippen MR) is 39.8 cm³/mol. The van der Waals surface area contributed by atoms with Crippen LogP contribution in [0, 0.1) is 0 Å². The van der Waals surface area contributed by atoms with Crippen molar-refractivity contribution in [1.29, 1.82) is 0 Å². The molecule has 0 aromatic heterocycles. The smallest absolute Gasteiger partial charge is 0.253 e. The van der Waals surface area contributed by atoms with Gasteiger partial charge in [0.2, 0.25) is 9.84 Å². The Kier molecular flexibility index (Phi) is 3.38. The normalized spacial score (nSPS) is 11.1. The minimum Gasteiger partial charge on any atom is -0.299 e. The Labute approximate surface area is 65.5 Å². The van der Waals surface area contributed by atoms with Crippen LogP contribution in [0.3, 0.4) is 0 Å². The van der Waals surface area contributed by atoms with Gasteiger partial charge < -0.3 is 0 Å². The fraction of sp³-hybridized carbons (Fsp3) is 0.667. The highest BCUT2D eigenvalue weighted by molar-refractivity contribution is 8.06. The van der Waals surface area contributed by atoms with Crippen molar-refractivity contribution < 1.29 is 18.0 Å². The molecule has 0 amide bonds. The monoisotopic (exact) mass is 178 g/mol. The summed E-state index contributed by atoms with van der Waals surface area (Å²) in [7, 11) is -3.65. The van der Waals surface area contributed by atoms with Crippen molar-refractivity contribution >= 4 is 20.7 Å². The average molecular weight is 178 g/mol. The maximum absolute atomic E-state index is 10.7. The van der Waals surface area contributed by atoms with Crippen molar-refractivity contribution in [2.24, 2.45) is 0 Å². The summed E-state index contributed by atoms with van der Waals surface area (Å²) in [6, 6.07) is 0. The Morgan fingerprint density at radius 1 is 1.27 bits per heavy atom. The second kappa shape index (κ2) is 3.61. The van der Waals surface area contributed by atoms with Crippen molar-refractivity contribution in [1.82, 2.24) is 0 Å². The van der Waals surface area contributed by atoms with Gasteiger partial charge in [0.1, 0.15) is 5.78 Å². The van der Waals surface area contributed by atoms with Gasteiger partial charge in [-0.2, -0.15) is 0 Å². The van der Waals surface area contributed by atoms with Gasteiger partial charge in [-0.1, -0.05) is 6.92 Å². The molecule has 0 aliphatic carbocycles.